The van der Waals surface area contributed by atoms with Gasteiger partial charge in [0, 0.05) is 31.3 Å². The molecular formula is C46H33NS. The van der Waals surface area contributed by atoms with Crippen LogP contribution in [0, 0.1) is 0 Å². The molecule has 1 aromatic heterocycles. The van der Waals surface area contributed by atoms with Gasteiger partial charge in [0.1, 0.15) is 0 Å². The van der Waals surface area contributed by atoms with Gasteiger partial charge in [-0.3, -0.25) is 0 Å². The molecule has 0 unspecified atom stereocenters. The summed E-state index contributed by atoms with van der Waals surface area (Å²) in [4.78, 5) is 2.47. The molecule has 8 aromatic rings. The monoisotopic (exact) mass is 631 g/mol. The van der Waals surface area contributed by atoms with Gasteiger partial charge in [0.2, 0.25) is 0 Å². The third kappa shape index (κ3) is 3.61. The smallest absolute Gasteiger partial charge is 0.0713 e. The lowest BCUT2D eigenvalue weighted by molar-refractivity contribution is 0.632. The van der Waals surface area contributed by atoms with Gasteiger partial charge >= 0.3 is 0 Å². The molecule has 48 heavy (non-hydrogen) atoms. The zero-order valence-electron chi connectivity index (χ0n) is 26.9. The first kappa shape index (κ1) is 27.7. The molecule has 1 nitrogen and oxygen atoms in total. The first-order valence-corrected chi connectivity index (χ1v) is 17.6. The molecule has 0 bridgehead atoms. The summed E-state index contributed by atoms with van der Waals surface area (Å²) in [7, 11) is 0. The fourth-order valence-corrected chi connectivity index (χ4v) is 9.89. The molecule has 2 aliphatic rings. The molecular weight excluding hydrogens is 599 g/mol. The lowest BCUT2D eigenvalue weighted by Gasteiger charge is -2.42. The van der Waals surface area contributed by atoms with Crippen LogP contribution in [0.25, 0.3) is 31.3 Å². The Labute approximate surface area is 285 Å². The Morgan fingerprint density at radius 3 is 1.62 bits per heavy atom. The fourth-order valence-electron chi connectivity index (χ4n) is 8.79. The highest BCUT2D eigenvalue weighted by Gasteiger charge is 2.46. The van der Waals surface area contributed by atoms with Crippen LogP contribution < -0.4 is 4.90 Å². The largest absolute Gasteiger partial charge is 0.310 e. The average molecular weight is 632 g/mol. The van der Waals surface area contributed by atoms with Crippen molar-refractivity contribution in [3.05, 3.63) is 197 Å². The maximum absolute atomic E-state index is 2.52. The maximum atomic E-state index is 2.52. The molecule has 0 amide bonds. The fraction of sp³-hybridized carbons (Fsp3) is 0.0870. The third-order valence-electron chi connectivity index (χ3n) is 10.9. The molecule has 1 aliphatic heterocycles. The van der Waals surface area contributed by atoms with Gasteiger partial charge < -0.3 is 4.90 Å². The molecule has 2 heteroatoms. The summed E-state index contributed by atoms with van der Waals surface area (Å²) in [5.74, 6) is 0. The molecule has 0 fully saturated rings. The molecule has 2 heterocycles. The lowest BCUT2D eigenvalue weighted by Crippen LogP contribution is -2.30. The van der Waals surface area contributed by atoms with Crippen LogP contribution >= 0.6 is 11.3 Å². The highest BCUT2D eigenvalue weighted by atomic mass is 32.1. The normalized spacial score (nSPS) is 15.2. The molecule has 10 rings (SSSR count). The van der Waals surface area contributed by atoms with Crippen molar-refractivity contribution in [1.82, 2.24) is 0 Å². The van der Waals surface area contributed by atoms with Gasteiger partial charge in [0.05, 0.1) is 16.8 Å². The van der Waals surface area contributed by atoms with Crippen LogP contribution in [0.3, 0.4) is 0 Å². The van der Waals surface area contributed by atoms with E-state index in [0.717, 1.165) is 0 Å². The number of para-hydroxylation sites is 2. The molecule has 0 saturated carbocycles. The van der Waals surface area contributed by atoms with Gasteiger partial charge in [-0.05, 0) is 87.0 Å². The van der Waals surface area contributed by atoms with Crippen LogP contribution in [0.1, 0.15) is 47.2 Å². The van der Waals surface area contributed by atoms with E-state index in [1.54, 1.807) is 0 Å². The summed E-state index contributed by atoms with van der Waals surface area (Å²) < 4.78 is 2.64. The van der Waals surface area contributed by atoms with Crippen LogP contribution in [0.2, 0.25) is 0 Å². The molecule has 0 N–H and O–H groups in total. The van der Waals surface area contributed by atoms with E-state index in [-0.39, 0.29) is 5.41 Å². The first-order chi connectivity index (χ1) is 23.6. The minimum absolute atomic E-state index is 0.0867. The summed E-state index contributed by atoms with van der Waals surface area (Å²) >= 11 is 1.90. The predicted octanol–water partition coefficient (Wildman–Crippen LogP) is 12.5. The molecule has 0 saturated heterocycles. The van der Waals surface area contributed by atoms with Crippen LogP contribution in [-0.4, -0.2) is 0 Å². The zero-order chi connectivity index (χ0) is 32.0. The maximum Gasteiger partial charge on any atom is 0.0713 e. The topological polar surface area (TPSA) is 3.24 Å². The second-order valence-corrected chi connectivity index (χ2v) is 14.8. The van der Waals surface area contributed by atoms with Crippen LogP contribution in [0.4, 0.5) is 17.1 Å². The summed E-state index contributed by atoms with van der Waals surface area (Å²) in [6.45, 7) is 4.70. The van der Waals surface area contributed by atoms with Crippen molar-refractivity contribution in [3.8, 4) is 11.1 Å². The van der Waals surface area contributed by atoms with Crippen molar-refractivity contribution in [3.63, 3.8) is 0 Å². The number of hydrogen-bond donors (Lipinski definition) is 0. The van der Waals surface area contributed by atoms with E-state index >= 15 is 0 Å². The molecule has 7 aromatic carbocycles. The highest BCUT2D eigenvalue weighted by Crippen LogP contribution is 2.58. The summed E-state index contributed by atoms with van der Waals surface area (Å²) in [6, 6.07) is 61.1. The standard InChI is InChI=1S/C46H33NS/c1-45(2)38-21-11-13-23-41(38)47(42-24-14-12-22-39(42)45)32-25-26-43-35(27-32)36-28-40-34(29-44(36)48-43)33-19-9-10-20-37(33)46(40,30-15-5-3-6-16-30)31-17-7-4-8-18-31/h3-29H,1-2H3. The Kier molecular flexibility index (Phi) is 5.78. The van der Waals surface area contributed by atoms with Gasteiger partial charge in [0.25, 0.3) is 0 Å². The van der Waals surface area contributed by atoms with Gasteiger partial charge in [-0.25, -0.2) is 0 Å². The Morgan fingerprint density at radius 2 is 0.979 bits per heavy atom. The first-order valence-electron chi connectivity index (χ1n) is 16.8. The number of anilines is 3. The SMILES string of the molecule is CC1(C)c2ccccc2N(c2ccc3sc4cc5c(cc4c3c2)C(c2ccccc2)(c2ccccc2)c2ccccc2-5)c2ccccc21. The minimum atomic E-state index is -0.412. The number of rotatable bonds is 3. The van der Waals surface area contributed by atoms with Gasteiger partial charge in [-0.2, -0.15) is 0 Å². The van der Waals surface area contributed by atoms with Crippen LogP contribution in [0.5, 0.6) is 0 Å². The van der Waals surface area contributed by atoms with E-state index in [1.807, 2.05) is 11.3 Å². The summed E-state index contributed by atoms with van der Waals surface area (Å²) in [6.07, 6.45) is 0. The second kappa shape index (κ2) is 10.0. The Hall–Kier alpha value is -5.44. The van der Waals surface area contributed by atoms with Crippen LogP contribution in [0.15, 0.2) is 164 Å². The van der Waals surface area contributed by atoms with Crippen molar-refractivity contribution in [2.24, 2.45) is 0 Å². The van der Waals surface area contributed by atoms with Crippen molar-refractivity contribution in [1.29, 1.82) is 0 Å². The second-order valence-electron chi connectivity index (χ2n) is 13.7. The van der Waals surface area contributed by atoms with E-state index in [0.29, 0.717) is 0 Å². The van der Waals surface area contributed by atoms with Crippen LogP contribution in [-0.2, 0) is 10.8 Å². The van der Waals surface area contributed by atoms with Crippen molar-refractivity contribution < 1.29 is 0 Å². The average Bonchev–Trinajstić information content (AvgIpc) is 3.64. The van der Waals surface area contributed by atoms with Gasteiger partial charge in [-0.15, -0.1) is 11.3 Å². The summed E-state index contributed by atoms with van der Waals surface area (Å²) in [5.41, 5.74) is 13.9. The van der Waals surface area contributed by atoms with Crippen molar-refractivity contribution in [2.45, 2.75) is 24.7 Å². The number of fused-ring (bicyclic) bond motifs is 8. The zero-order valence-corrected chi connectivity index (χ0v) is 27.8. The predicted molar refractivity (Wildman–Crippen MR) is 203 cm³/mol. The minimum Gasteiger partial charge on any atom is -0.310 e. The molecule has 0 spiro atoms. The molecule has 228 valence electrons. The number of thiophene rings is 1. The quantitative estimate of drug-likeness (QED) is 0.188. The van der Waals surface area contributed by atoms with Crippen molar-refractivity contribution >= 4 is 48.6 Å². The Morgan fingerprint density at radius 1 is 0.438 bits per heavy atom. The third-order valence-corrected chi connectivity index (χ3v) is 12.1. The van der Waals surface area contributed by atoms with Gasteiger partial charge in [0.15, 0.2) is 0 Å². The molecule has 0 radical (unpaired) electrons. The molecule has 1 aliphatic carbocycles. The van der Waals surface area contributed by atoms with Gasteiger partial charge in [-0.1, -0.05) is 135 Å². The van der Waals surface area contributed by atoms with E-state index in [9.17, 15) is 0 Å². The highest BCUT2D eigenvalue weighted by molar-refractivity contribution is 7.25. The number of hydrogen-bond acceptors (Lipinski definition) is 2. The summed E-state index contributed by atoms with van der Waals surface area (Å²) in [5, 5.41) is 2.62. The molecule has 0 atom stereocenters. The van der Waals surface area contributed by atoms with Crippen molar-refractivity contribution in [2.75, 3.05) is 4.90 Å². The van der Waals surface area contributed by atoms with E-state index in [2.05, 4.69) is 183 Å². The lowest BCUT2D eigenvalue weighted by atomic mass is 9.67. The Bertz CT molecular complexity index is 2450. The van der Waals surface area contributed by atoms with E-state index in [4.69, 9.17) is 0 Å². The number of nitrogens with zero attached hydrogens (tertiary/aromatic N) is 1. The Balaban J connectivity index is 1.26. The van der Waals surface area contributed by atoms with E-state index < -0.39 is 5.41 Å². The number of benzene rings is 7. The van der Waals surface area contributed by atoms with E-state index in [1.165, 1.54) is 81.7 Å².